The maximum Gasteiger partial charge on any atom is 0.243 e. The number of fused-ring (bicyclic) bond motifs is 1. The lowest BCUT2D eigenvalue weighted by molar-refractivity contribution is 0.228. The fourth-order valence-electron chi connectivity index (χ4n) is 3.15. The summed E-state index contributed by atoms with van der Waals surface area (Å²) >= 11 is 3.41. The molecule has 1 N–H and O–H groups in total. The Hall–Kier alpha value is -0.140. The van der Waals surface area contributed by atoms with E-state index in [1.807, 2.05) is 13.0 Å². The molecule has 0 aliphatic carbocycles. The molecule has 0 radical (unpaired) electrons. The summed E-state index contributed by atoms with van der Waals surface area (Å²) in [5.41, 5.74) is 0.948. The highest BCUT2D eigenvalue weighted by Crippen LogP contribution is 2.30. The van der Waals surface area contributed by atoms with Gasteiger partial charge in [0.1, 0.15) is 0 Å². The molecule has 2 aliphatic rings. The Kier molecular flexibility index (Phi) is 5.36. The lowest BCUT2D eigenvalue weighted by Crippen LogP contribution is -2.43. The number of benzene rings is 1. The van der Waals surface area contributed by atoms with Crippen LogP contribution in [0, 0.1) is 18.8 Å². The van der Waals surface area contributed by atoms with Crippen molar-refractivity contribution in [2.45, 2.75) is 18.2 Å². The largest absolute Gasteiger partial charge is 0.316 e. The van der Waals surface area contributed by atoms with Gasteiger partial charge in [0, 0.05) is 17.6 Å². The summed E-state index contributed by atoms with van der Waals surface area (Å²) in [6, 6.07) is 5.25. The van der Waals surface area contributed by atoms with Crippen LogP contribution >= 0.6 is 28.3 Å². The Bertz CT molecular complexity index is 623. The van der Waals surface area contributed by atoms with Crippen molar-refractivity contribution < 1.29 is 8.42 Å². The highest BCUT2D eigenvalue weighted by molar-refractivity contribution is 9.10. The van der Waals surface area contributed by atoms with E-state index in [0.29, 0.717) is 29.8 Å². The second-order valence-electron chi connectivity index (χ2n) is 5.74. The van der Waals surface area contributed by atoms with Crippen molar-refractivity contribution in [1.29, 1.82) is 0 Å². The van der Waals surface area contributed by atoms with Crippen LogP contribution in [-0.2, 0) is 10.0 Å². The Balaban J connectivity index is 0.00000161. The molecule has 2 heterocycles. The number of hydrogen-bond acceptors (Lipinski definition) is 3. The second kappa shape index (κ2) is 6.54. The van der Waals surface area contributed by atoms with Crippen LogP contribution in [0.25, 0.3) is 0 Å². The van der Waals surface area contributed by atoms with E-state index in [-0.39, 0.29) is 12.4 Å². The van der Waals surface area contributed by atoms with Gasteiger partial charge >= 0.3 is 0 Å². The van der Waals surface area contributed by atoms with E-state index in [2.05, 4.69) is 21.2 Å². The summed E-state index contributed by atoms with van der Waals surface area (Å²) < 4.78 is 28.1. The fraction of sp³-hybridized carbons (Fsp3) is 0.571. The monoisotopic (exact) mass is 394 g/mol. The van der Waals surface area contributed by atoms with E-state index in [1.54, 1.807) is 16.4 Å². The van der Waals surface area contributed by atoms with Crippen LogP contribution < -0.4 is 5.32 Å². The normalized spacial score (nSPS) is 26.2. The summed E-state index contributed by atoms with van der Waals surface area (Å²) in [5, 5.41) is 3.36. The van der Waals surface area contributed by atoms with Gasteiger partial charge in [0.15, 0.2) is 0 Å². The minimum absolute atomic E-state index is 0. The first kappa shape index (κ1) is 17.2. The molecule has 0 amide bonds. The molecular formula is C14H20BrClN2O2S. The summed E-state index contributed by atoms with van der Waals surface area (Å²) in [5.74, 6) is 1.11. The summed E-state index contributed by atoms with van der Waals surface area (Å²) in [6.45, 7) is 5.18. The SMILES string of the molecule is Cc1cc(S(=O)(=O)N2CCC3CNCC3C2)ccc1Br.Cl. The predicted octanol–water partition coefficient (Wildman–Crippen LogP) is 2.41. The van der Waals surface area contributed by atoms with Crippen LogP contribution in [0.3, 0.4) is 0 Å². The summed E-state index contributed by atoms with van der Waals surface area (Å²) in [4.78, 5) is 0.405. The van der Waals surface area contributed by atoms with Gasteiger partial charge < -0.3 is 5.32 Å². The number of sulfonamides is 1. The topological polar surface area (TPSA) is 49.4 Å². The first-order valence-electron chi connectivity index (χ1n) is 6.95. The average Bonchev–Trinajstić information content (AvgIpc) is 2.89. The number of hydrogen-bond donors (Lipinski definition) is 1. The molecule has 3 rings (SSSR count). The summed E-state index contributed by atoms with van der Waals surface area (Å²) in [6.07, 6.45) is 0.965. The number of halogens is 2. The molecule has 0 saturated carbocycles. The average molecular weight is 396 g/mol. The predicted molar refractivity (Wildman–Crippen MR) is 89.4 cm³/mol. The molecule has 118 valence electrons. The van der Waals surface area contributed by atoms with Crippen LogP contribution in [-0.4, -0.2) is 38.9 Å². The van der Waals surface area contributed by atoms with Crippen molar-refractivity contribution in [2.24, 2.45) is 11.8 Å². The zero-order chi connectivity index (χ0) is 14.3. The van der Waals surface area contributed by atoms with Crippen LogP contribution in [0.15, 0.2) is 27.6 Å². The molecule has 7 heteroatoms. The number of aryl methyl sites for hydroxylation is 1. The maximum absolute atomic E-state index is 12.7. The third kappa shape index (κ3) is 3.29. The van der Waals surface area contributed by atoms with Crippen LogP contribution in [0.1, 0.15) is 12.0 Å². The van der Waals surface area contributed by atoms with Crippen molar-refractivity contribution in [3.8, 4) is 0 Å². The molecule has 2 unspecified atom stereocenters. The minimum atomic E-state index is -3.36. The van der Waals surface area contributed by atoms with Crippen molar-refractivity contribution in [3.05, 3.63) is 28.2 Å². The molecule has 0 bridgehead atoms. The molecular weight excluding hydrogens is 376 g/mol. The molecule has 0 aromatic heterocycles. The lowest BCUT2D eigenvalue weighted by atomic mass is 9.90. The van der Waals surface area contributed by atoms with E-state index in [0.717, 1.165) is 29.5 Å². The zero-order valence-corrected chi connectivity index (χ0v) is 15.1. The number of nitrogens with one attached hydrogen (secondary N) is 1. The molecule has 4 nitrogen and oxygen atoms in total. The fourth-order valence-corrected chi connectivity index (χ4v) is 4.99. The highest BCUT2D eigenvalue weighted by atomic mass is 79.9. The Morgan fingerprint density at radius 2 is 2.00 bits per heavy atom. The second-order valence-corrected chi connectivity index (χ2v) is 8.53. The minimum Gasteiger partial charge on any atom is -0.316 e. The van der Waals surface area contributed by atoms with Gasteiger partial charge in [-0.3, -0.25) is 0 Å². The molecule has 2 atom stereocenters. The van der Waals surface area contributed by atoms with Gasteiger partial charge in [-0.1, -0.05) is 15.9 Å². The van der Waals surface area contributed by atoms with Gasteiger partial charge in [-0.15, -0.1) is 12.4 Å². The quantitative estimate of drug-likeness (QED) is 0.836. The number of nitrogens with zero attached hydrogens (tertiary/aromatic N) is 1. The van der Waals surface area contributed by atoms with Gasteiger partial charge in [0.2, 0.25) is 10.0 Å². The maximum atomic E-state index is 12.7. The molecule has 2 fully saturated rings. The Labute approximate surface area is 140 Å². The Morgan fingerprint density at radius 3 is 2.71 bits per heavy atom. The van der Waals surface area contributed by atoms with E-state index in [1.165, 1.54) is 0 Å². The third-order valence-electron chi connectivity index (χ3n) is 4.43. The van der Waals surface area contributed by atoms with Gasteiger partial charge in [0.05, 0.1) is 4.90 Å². The van der Waals surface area contributed by atoms with Crippen LogP contribution in [0.2, 0.25) is 0 Å². The number of rotatable bonds is 2. The van der Waals surface area contributed by atoms with E-state index in [4.69, 9.17) is 0 Å². The zero-order valence-electron chi connectivity index (χ0n) is 11.9. The van der Waals surface area contributed by atoms with E-state index in [9.17, 15) is 8.42 Å². The van der Waals surface area contributed by atoms with E-state index >= 15 is 0 Å². The van der Waals surface area contributed by atoms with Crippen molar-refractivity contribution >= 4 is 38.4 Å². The molecule has 0 spiro atoms. The van der Waals surface area contributed by atoms with Crippen LogP contribution in [0.4, 0.5) is 0 Å². The first-order chi connectivity index (χ1) is 9.48. The summed E-state index contributed by atoms with van der Waals surface area (Å²) in [7, 11) is -3.36. The molecule has 2 aliphatic heterocycles. The Morgan fingerprint density at radius 1 is 1.29 bits per heavy atom. The van der Waals surface area contributed by atoms with Crippen molar-refractivity contribution in [1.82, 2.24) is 9.62 Å². The lowest BCUT2D eigenvalue weighted by Gasteiger charge is -2.33. The van der Waals surface area contributed by atoms with Crippen LogP contribution in [0.5, 0.6) is 0 Å². The van der Waals surface area contributed by atoms with Gasteiger partial charge in [-0.25, -0.2) is 8.42 Å². The molecule has 1 aromatic carbocycles. The third-order valence-corrected chi connectivity index (χ3v) is 7.19. The molecule has 21 heavy (non-hydrogen) atoms. The highest BCUT2D eigenvalue weighted by Gasteiger charge is 2.37. The molecule has 2 saturated heterocycles. The standard InChI is InChI=1S/C14H19BrN2O2S.ClH/c1-10-6-13(2-3-14(10)15)20(18,19)17-5-4-11-7-16-8-12(11)9-17;/h2-3,6,11-12,16H,4-5,7-9H2,1H3;1H. The first-order valence-corrected chi connectivity index (χ1v) is 9.19. The van der Waals surface area contributed by atoms with E-state index < -0.39 is 10.0 Å². The van der Waals surface area contributed by atoms with Gasteiger partial charge in [-0.2, -0.15) is 4.31 Å². The number of piperidine rings is 1. The van der Waals surface area contributed by atoms with Crippen molar-refractivity contribution in [2.75, 3.05) is 26.2 Å². The smallest absolute Gasteiger partial charge is 0.243 e. The van der Waals surface area contributed by atoms with Gasteiger partial charge in [0.25, 0.3) is 0 Å². The van der Waals surface area contributed by atoms with Gasteiger partial charge in [-0.05, 0) is 62.0 Å². The van der Waals surface area contributed by atoms with Crippen molar-refractivity contribution in [3.63, 3.8) is 0 Å². The molecule has 1 aromatic rings.